The van der Waals surface area contributed by atoms with Gasteiger partial charge in [0.15, 0.2) is 0 Å². The largest absolute Gasteiger partial charge is 0.335 e. The van der Waals surface area contributed by atoms with E-state index in [-0.39, 0.29) is 12.1 Å². The van der Waals surface area contributed by atoms with Crippen LogP contribution in [0.3, 0.4) is 0 Å². The summed E-state index contributed by atoms with van der Waals surface area (Å²) in [4.78, 5) is 17.0. The Morgan fingerprint density at radius 2 is 1.79 bits per heavy atom. The van der Waals surface area contributed by atoms with Gasteiger partial charge in [0, 0.05) is 6.54 Å². The van der Waals surface area contributed by atoms with E-state index in [9.17, 15) is 13.2 Å². The van der Waals surface area contributed by atoms with E-state index in [1.54, 1.807) is 4.90 Å². The van der Waals surface area contributed by atoms with Crippen LogP contribution in [0.4, 0.5) is 4.79 Å². The monoisotopic (exact) mass is 401 g/mol. The van der Waals surface area contributed by atoms with Crippen LogP contribution in [0.1, 0.15) is 34.7 Å². The zero-order valence-corrected chi connectivity index (χ0v) is 17.4. The van der Waals surface area contributed by atoms with E-state index in [4.69, 9.17) is 0 Å². The molecule has 1 N–H and O–H groups in total. The molecule has 0 aromatic heterocycles. The van der Waals surface area contributed by atoms with E-state index < -0.39 is 10.0 Å². The third kappa shape index (κ3) is 4.91. The lowest BCUT2D eigenvalue weighted by Crippen LogP contribution is -2.44. The van der Waals surface area contributed by atoms with Gasteiger partial charge in [-0.25, -0.2) is 18.2 Å². The molecule has 1 heterocycles. The van der Waals surface area contributed by atoms with E-state index >= 15 is 0 Å². The Balaban J connectivity index is 1.79. The van der Waals surface area contributed by atoms with Crippen molar-refractivity contribution in [3.05, 3.63) is 70.8 Å². The number of sulfonamides is 1. The second-order valence-electron chi connectivity index (χ2n) is 7.40. The molecule has 1 saturated heterocycles. The molecule has 0 bridgehead atoms. The number of hydrazine groups is 1. The smallest absolute Gasteiger partial charge is 0.315 e. The fourth-order valence-corrected chi connectivity index (χ4v) is 4.07. The number of hydrogen-bond donors (Lipinski definition) is 1. The van der Waals surface area contributed by atoms with Crippen LogP contribution in [0.25, 0.3) is 0 Å². The van der Waals surface area contributed by atoms with Crippen LogP contribution < -0.4 is 4.83 Å². The van der Waals surface area contributed by atoms with Crippen molar-refractivity contribution < 1.29 is 13.2 Å². The maximum Gasteiger partial charge on any atom is 0.335 e. The maximum absolute atomic E-state index is 12.9. The van der Waals surface area contributed by atoms with Crippen LogP contribution in [-0.4, -0.2) is 43.7 Å². The molecular formula is C21H27N3O3S. The standard InChI is InChI=1S/C21H27N3O3S/c1-16-11-12-19(14-17(16)2)20-15-24(22-28(3,26)27)21(25)23(20)13-7-10-18-8-5-4-6-9-18/h4-6,8-9,11-12,14,20,22H,7,10,13,15H2,1-3H3/t20-/m1/s1. The second kappa shape index (κ2) is 8.32. The highest BCUT2D eigenvalue weighted by molar-refractivity contribution is 7.88. The molecule has 28 heavy (non-hydrogen) atoms. The molecule has 0 spiro atoms. The van der Waals surface area contributed by atoms with Crippen molar-refractivity contribution in [2.45, 2.75) is 32.7 Å². The third-order valence-corrected chi connectivity index (χ3v) is 5.66. The molecule has 1 aliphatic rings. The molecule has 2 aromatic rings. The topological polar surface area (TPSA) is 69.7 Å². The average molecular weight is 402 g/mol. The van der Waals surface area contributed by atoms with Gasteiger partial charge in [-0.15, -0.1) is 4.83 Å². The predicted octanol–water partition coefficient (Wildman–Crippen LogP) is 3.18. The summed E-state index contributed by atoms with van der Waals surface area (Å²) < 4.78 is 23.3. The van der Waals surface area contributed by atoms with Crippen molar-refractivity contribution in [1.29, 1.82) is 0 Å². The summed E-state index contributed by atoms with van der Waals surface area (Å²) in [7, 11) is -3.52. The molecule has 0 radical (unpaired) electrons. The number of rotatable bonds is 7. The Morgan fingerprint density at radius 1 is 1.07 bits per heavy atom. The SMILES string of the molecule is Cc1ccc([C@H]2CN(NS(C)(=O)=O)C(=O)N2CCCc2ccccc2)cc1C. The summed E-state index contributed by atoms with van der Waals surface area (Å²) >= 11 is 0. The summed E-state index contributed by atoms with van der Waals surface area (Å²) in [5, 5.41) is 1.21. The number of urea groups is 1. The molecule has 6 nitrogen and oxygen atoms in total. The lowest BCUT2D eigenvalue weighted by atomic mass is 10.0. The van der Waals surface area contributed by atoms with Crippen molar-refractivity contribution >= 4 is 16.1 Å². The summed E-state index contributed by atoms with van der Waals surface area (Å²) in [5.41, 5.74) is 4.59. The van der Waals surface area contributed by atoms with Crippen LogP contribution in [0.5, 0.6) is 0 Å². The van der Waals surface area contributed by atoms with Crippen LogP contribution in [0, 0.1) is 13.8 Å². The highest BCUT2D eigenvalue weighted by atomic mass is 32.2. The first-order chi connectivity index (χ1) is 13.2. The summed E-state index contributed by atoms with van der Waals surface area (Å²) in [5.74, 6) is 0. The number of carbonyl (C=O) groups excluding carboxylic acids is 1. The van der Waals surface area contributed by atoms with E-state index in [2.05, 4.69) is 23.0 Å². The molecular weight excluding hydrogens is 374 g/mol. The molecule has 0 unspecified atom stereocenters. The number of nitrogens with zero attached hydrogens (tertiary/aromatic N) is 2. The minimum atomic E-state index is -3.52. The molecule has 0 aliphatic carbocycles. The summed E-state index contributed by atoms with van der Waals surface area (Å²) in [6.45, 7) is 4.95. The van der Waals surface area contributed by atoms with E-state index in [1.807, 2.05) is 44.2 Å². The number of amides is 2. The first-order valence-electron chi connectivity index (χ1n) is 9.41. The first kappa shape index (κ1) is 20.4. The van der Waals surface area contributed by atoms with Gasteiger partial charge < -0.3 is 4.90 Å². The van der Waals surface area contributed by atoms with Crippen molar-refractivity contribution in [3.63, 3.8) is 0 Å². The third-order valence-electron chi connectivity index (χ3n) is 5.11. The highest BCUT2D eigenvalue weighted by Crippen LogP contribution is 2.30. The quantitative estimate of drug-likeness (QED) is 0.775. The number of carbonyl (C=O) groups is 1. The molecule has 2 aromatic carbocycles. The van der Waals surface area contributed by atoms with Gasteiger partial charge in [-0.1, -0.05) is 48.5 Å². The van der Waals surface area contributed by atoms with Crippen molar-refractivity contribution in [2.24, 2.45) is 0 Å². The number of aryl methyl sites for hydroxylation is 3. The fourth-order valence-electron chi connectivity index (χ4n) is 3.52. The Hall–Kier alpha value is -2.38. The molecule has 1 atom stereocenters. The van der Waals surface area contributed by atoms with Gasteiger partial charge in [-0.3, -0.25) is 0 Å². The van der Waals surface area contributed by atoms with Crippen LogP contribution in [0.2, 0.25) is 0 Å². The molecule has 0 saturated carbocycles. The summed E-state index contributed by atoms with van der Waals surface area (Å²) in [6, 6.07) is 15.8. The molecule has 1 aliphatic heterocycles. The maximum atomic E-state index is 12.9. The Labute approximate surface area is 167 Å². The first-order valence-corrected chi connectivity index (χ1v) is 11.3. The number of hydrogen-bond acceptors (Lipinski definition) is 3. The summed E-state index contributed by atoms with van der Waals surface area (Å²) in [6.07, 6.45) is 2.73. The lowest BCUT2D eigenvalue weighted by molar-refractivity contribution is 0.181. The molecule has 2 amide bonds. The van der Waals surface area contributed by atoms with Crippen LogP contribution in [0.15, 0.2) is 48.5 Å². The van der Waals surface area contributed by atoms with Gasteiger partial charge in [-0.2, -0.15) is 0 Å². The van der Waals surface area contributed by atoms with Gasteiger partial charge in [-0.05, 0) is 48.9 Å². The average Bonchev–Trinajstić information content (AvgIpc) is 2.93. The Kier molecular flexibility index (Phi) is 6.05. The van der Waals surface area contributed by atoms with Gasteiger partial charge >= 0.3 is 6.03 Å². The zero-order valence-electron chi connectivity index (χ0n) is 16.6. The van der Waals surface area contributed by atoms with E-state index in [0.717, 1.165) is 30.2 Å². The van der Waals surface area contributed by atoms with Crippen LogP contribution >= 0.6 is 0 Å². The zero-order chi connectivity index (χ0) is 20.3. The Morgan fingerprint density at radius 3 is 2.43 bits per heavy atom. The van der Waals surface area contributed by atoms with Crippen LogP contribution in [-0.2, 0) is 16.4 Å². The lowest BCUT2D eigenvalue weighted by Gasteiger charge is -2.24. The molecule has 150 valence electrons. The fraction of sp³-hybridized carbons (Fsp3) is 0.381. The predicted molar refractivity (Wildman–Crippen MR) is 110 cm³/mol. The van der Waals surface area contributed by atoms with Gasteiger partial charge in [0.25, 0.3) is 0 Å². The number of nitrogens with one attached hydrogen (secondary N) is 1. The van der Waals surface area contributed by atoms with Gasteiger partial charge in [0.05, 0.1) is 18.8 Å². The second-order valence-corrected chi connectivity index (χ2v) is 9.13. The Bertz CT molecular complexity index is 945. The minimum absolute atomic E-state index is 0.183. The van der Waals surface area contributed by atoms with Crippen molar-refractivity contribution in [2.75, 3.05) is 19.3 Å². The molecule has 1 fully saturated rings. The minimum Gasteiger partial charge on any atom is -0.315 e. The molecule has 3 rings (SSSR count). The normalized spacial score (nSPS) is 17.4. The van der Waals surface area contributed by atoms with E-state index in [0.29, 0.717) is 13.1 Å². The van der Waals surface area contributed by atoms with Crippen molar-refractivity contribution in [1.82, 2.24) is 14.7 Å². The van der Waals surface area contributed by atoms with Crippen molar-refractivity contribution in [3.8, 4) is 0 Å². The van der Waals surface area contributed by atoms with E-state index in [1.165, 1.54) is 16.1 Å². The highest BCUT2D eigenvalue weighted by Gasteiger charge is 2.39. The van der Waals surface area contributed by atoms with Gasteiger partial charge in [0.1, 0.15) is 0 Å². The number of benzene rings is 2. The molecule has 7 heteroatoms. The van der Waals surface area contributed by atoms with Gasteiger partial charge in [0.2, 0.25) is 10.0 Å².